The van der Waals surface area contributed by atoms with E-state index in [1.165, 1.54) is 0 Å². The van der Waals surface area contributed by atoms with Crippen LogP contribution in [0.5, 0.6) is 0 Å². The summed E-state index contributed by atoms with van der Waals surface area (Å²) in [7, 11) is 0. The zero-order valence-electron chi connectivity index (χ0n) is 8.43. The molecule has 0 unspecified atom stereocenters. The summed E-state index contributed by atoms with van der Waals surface area (Å²) in [5.41, 5.74) is 0. The number of hydrogen-bond acceptors (Lipinski definition) is 4. The summed E-state index contributed by atoms with van der Waals surface area (Å²) in [6.45, 7) is 5.94. The van der Waals surface area contributed by atoms with Gasteiger partial charge in [-0.3, -0.25) is 0 Å². The molecule has 2 rings (SSSR count). The van der Waals surface area contributed by atoms with Crippen LogP contribution in [0.15, 0.2) is 16.9 Å². The Balaban J connectivity index is 2.46. The van der Waals surface area contributed by atoms with E-state index in [1.807, 2.05) is 10.8 Å². The van der Waals surface area contributed by atoms with E-state index >= 15 is 0 Å². The monoisotopic (exact) mass is 192 g/mol. The van der Waals surface area contributed by atoms with Gasteiger partial charge in [-0.15, -0.1) is 0 Å². The van der Waals surface area contributed by atoms with E-state index in [0.29, 0.717) is 17.8 Å². The van der Waals surface area contributed by atoms with Gasteiger partial charge in [0.15, 0.2) is 11.6 Å². The molecule has 0 amide bonds. The van der Waals surface area contributed by atoms with Gasteiger partial charge in [-0.05, 0) is 20.8 Å². The summed E-state index contributed by atoms with van der Waals surface area (Å²) in [5, 5.41) is 3.73. The molecule has 2 heterocycles. The van der Waals surface area contributed by atoms with Gasteiger partial charge in [-0.2, -0.15) is 4.98 Å². The number of aryl methyl sites for hydroxylation is 1. The quantitative estimate of drug-likeness (QED) is 0.728. The number of nitrogens with zero attached hydrogens (tertiary/aromatic N) is 4. The van der Waals surface area contributed by atoms with Crippen molar-refractivity contribution in [1.29, 1.82) is 0 Å². The first-order valence-corrected chi connectivity index (χ1v) is 4.52. The van der Waals surface area contributed by atoms with E-state index < -0.39 is 0 Å². The molecule has 2 aromatic rings. The maximum absolute atomic E-state index is 5.06. The summed E-state index contributed by atoms with van der Waals surface area (Å²) in [6, 6.07) is 0.333. The fourth-order valence-electron chi connectivity index (χ4n) is 1.28. The Kier molecular flexibility index (Phi) is 2.07. The maximum atomic E-state index is 5.06. The highest BCUT2D eigenvalue weighted by Crippen LogP contribution is 2.18. The van der Waals surface area contributed by atoms with Crippen molar-refractivity contribution in [3.05, 3.63) is 18.2 Å². The van der Waals surface area contributed by atoms with Crippen LogP contribution in [0, 0.1) is 6.92 Å². The summed E-state index contributed by atoms with van der Waals surface area (Å²) in [5.74, 6) is 1.82. The number of rotatable bonds is 2. The number of hydrogen-bond donors (Lipinski definition) is 0. The average Bonchev–Trinajstić information content (AvgIpc) is 2.70. The van der Waals surface area contributed by atoms with Crippen LogP contribution < -0.4 is 0 Å². The lowest BCUT2D eigenvalue weighted by Gasteiger charge is -2.07. The van der Waals surface area contributed by atoms with Gasteiger partial charge in [0.1, 0.15) is 0 Å². The van der Waals surface area contributed by atoms with Gasteiger partial charge in [0.2, 0.25) is 0 Å². The minimum Gasteiger partial charge on any atom is -0.331 e. The van der Waals surface area contributed by atoms with Crippen LogP contribution in [0.1, 0.15) is 25.7 Å². The van der Waals surface area contributed by atoms with E-state index in [2.05, 4.69) is 29.0 Å². The van der Waals surface area contributed by atoms with Crippen LogP contribution in [0.4, 0.5) is 0 Å². The molecular weight excluding hydrogens is 180 g/mol. The largest absolute Gasteiger partial charge is 0.331 e. The second-order valence-corrected chi connectivity index (χ2v) is 3.40. The Morgan fingerprint density at radius 1 is 1.43 bits per heavy atom. The third kappa shape index (κ3) is 1.41. The van der Waals surface area contributed by atoms with E-state index in [9.17, 15) is 0 Å². The Hall–Kier alpha value is -1.65. The first-order valence-electron chi connectivity index (χ1n) is 4.52. The maximum Gasteiger partial charge on any atom is 0.293 e. The van der Waals surface area contributed by atoms with E-state index in [-0.39, 0.29) is 0 Å². The minimum absolute atomic E-state index is 0.333. The molecule has 5 heteroatoms. The van der Waals surface area contributed by atoms with E-state index in [1.54, 1.807) is 13.1 Å². The molecule has 0 spiro atoms. The third-order valence-corrected chi connectivity index (χ3v) is 1.94. The van der Waals surface area contributed by atoms with Gasteiger partial charge in [0, 0.05) is 18.4 Å². The van der Waals surface area contributed by atoms with Crippen LogP contribution in [-0.2, 0) is 0 Å². The standard InChI is InChI=1S/C9H12N4O/c1-6(2)13-5-4-10-8(13)9-11-7(3)12-14-9/h4-6H,1-3H3. The highest BCUT2D eigenvalue weighted by atomic mass is 16.5. The lowest BCUT2D eigenvalue weighted by Crippen LogP contribution is -2.01. The fourth-order valence-corrected chi connectivity index (χ4v) is 1.28. The first-order chi connectivity index (χ1) is 6.68. The Morgan fingerprint density at radius 2 is 2.21 bits per heavy atom. The minimum atomic E-state index is 0.333. The molecule has 0 radical (unpaired) electrons. The van der Waals surface area contributed by atoms with Crippen molar-refractivity contribution >= 4 is 0 Å². The molecule has 5 nitrogen and oxygen atoms in total. The molecule has 2 aromatic heterocycles. The van der Waals surface area contributed by atoms with Crippen LogP contribution in [0.25, 0.3) is 11.7 Å². The third-order valence-electron chi connectivity index (χ3n) is 1.94. The predicted molar refractivity (Wildman–Crippen MR) is 50.6 cm³/mol. The van der Waals surface area contributed by atoms with Crippen molar-refractivity contribution in [3.8, 4) is 11.7 Å². The van der Waals surface area contributed by atoms with Gasteiger partial charge in [0.05, 0.1) is 0 Å². The van der Waals surface area contributed by atoms with Gasteiger partial charge >= 0.3 is 0 Å². The molecule has 0 aromatic carbocycles. The molecule has 0 fully saturated rings. The van der Waals surface area contributed by atoms with Crippen LogP contribution in [0.2, 0.25) is 0 Å². The smallest absolute Gasteiger partial charge is 0.293 e. The normalized spacial score (nSPS) is 11.1. The highest BCUT2D eigenvalue weighted by Gasteiger charge is 2.13. The summed E-state index contributed by atoms with van der Waals surface area (Å²) < 4.78 is 7.05. The molecule has 0 bridgehead atoms. The Morgan fingerprint density at radius 3 is 2.79 bits per heavy atom. The second-order valence-electron chi connectivity index (χ2n) is 3.40. The van der Waals surface area contributed by atoms with Crippen LogP contribution >= 0.6 is 0 Å². The van der Waals surface area contributed by atoms with Crippen molar-refractivity contribution in [3.63, 3.8) is 0 Å². The fraction of sp³-hybridized carbons (Fsp3) is 0.444. The number of imidazole rings is 1. The molecule has 74 valence electrons. The Labute approximate surface area is 81.8 Å². The molecular formula is C9H12N4O. The number of aromatic nitrogens is 4. The van der Waals surface area contributed by atoms with Gasteiger partial charge < -0.3 is 9.09 Å². The average molecular weight is 192 g/mol. The van der Waals surface area contributed by atoms with Crippen molar-refractivity contribution in [2.45, 2.75) is 26.8 Å². The predicted octanol–water partition coefficient (Wildman–Crippen LogP) is 1.82. The summed E-state index contributed by atoms with van der Waals surface area (Å²) in [6.07, 6.45) is 3.63. The van der Waals surface area contributed by atoms with Gasteiger partial charge in [-0.25, -0.2) is 4.98 Å². The first kappa shape index (κ1) is 8.93. The molecule has 0 saturated heterocycles. The molecule has 0 aliphatic carbocycles. The van der Waals surface area contributed by atoms with Crippen molar-refractivity contribution in [2.75, 3.05) is 0 Å². The van der Waals surface area contributed by atoms with Crippen molar-refractivity contribution in [1.82, 2.24) is 19.7 Å². The molecule has 0 atom stereocenters. The lowest BCUT2D eigenvalue weighted by atomic mass is 10.4. The lowest BCUT2D eigenvalue weighted by molar-refractivity contribution is 0.419. The van der Waals surface area contributed by atoms with Crippen molar-refractivity contribution in [2.24, 2.45) is 0 Å². The summed E-state index contributed by atoms with van der Waals surface area (Å²) in [4.78, 5) is 8.32. The van der Waals surface area contributed by atoms with Crippen LogP contribution in [0.3, 0.4) is 0 Å². The SMILES string of the molecule is Cc1noc(-c2nccn2C(C)C)n1. The van der Waals surface area contributed by atoms with Gasteiger partial charge in [0.25, 0.3) is 5.89 Å². The summed E-state index contributed by atoms with van der Waals surface area (Å²) >= 11 is 0. The molecule has 0 aliphatic heterocycles. The highest BCUT2D eigenvalue weighted by molar-refractivity contribution is 5.40. The van der Waals surface area contributed by atoms with Crippen LogP contribution in [-0.4, -0.2) is 19.7 Å². The Bertz CT molecular complexity index is 429. The molecule has 0 saturated carbocycles. The van der Waals surface area contributed by atoms with Crippen molar-refractivity contribution < 1.29 is 4.52 Å². The zero-order valence-corrected chi connectivity index (χ0v) is 8.43. The topological polar surface area (TPSA) is 56.7 Å². The van der Waals surface area contributed by atoms with E-state index in [4.69, 9.17) is 4.52 Å². The van der Waals surface area contributed by atoms with Gasteiger partial charge in [-0.1, -0.05) is 5.16 Å². The molecule has 0 N–H and O–H groups in total. The second kappa shape index (κ2) is 3.25. The molecule has 14 heavy (non-hydrogen) atoms. The molecule has 0 aliphatic rings. The van der Waals surface area contributed by atoms with E-state index in [0.717, 1.165) is 5.82 Å². The zero-order chi connectivity index (χ0) is 10.1.